The Morgan fingerprint density at radius 3 is 2.46 bits per heavy atom. The minimum absolute atomic E-state index is 0.0624. The van der Waals surface area contributed by atoms with Gasteiger partial charge in [0.2, 0.25) is 5.91 Å². The van der Waals surface area contributed by atoms with Gasteiger partial charge in [0.25, 0.3) is 0 Å². The summed E-state index contributed by atoms with van der Waals surface area (Å²) in [5.41, 5.74) is 2.27. The van der Waals surface area contributed by atoms with Gasteiger partial charge in [0.05, 0.1) is 0 Å². The summed E-state index contributed by atoms with van der Waals surface area (Å²) in [6.45, 7) is 1.58. The fourth-order valence-corrected chi connectivity index (χ4v) is 3.07. The number of unbranched alkanes of at least 4 members (excludes halogenated alkanes) is 1. The molecule has 0 fully saturated rings. The highest BCUT2D eigenvalue weighted by Gasteiger charge is 2.21. The topological polar surface area (TPSA) is 75.9 Å². The van der Waals surface area contributed by atoms with Crippen LogP contribution in [-0.4, -0.2) is 46.3 Å². The van der Waals surface area contributed by atoms with Gasteiger partial charge in [-0.05, 0) is 41.0 Å². The smallest absolute Gasteiger partial charge is 0.245 e. The van der Waals surface area contributed by atoms with E-state index in [1.807, 2.05) is 48.5 Å². The first-order valence-corrected chi connectivity index (χ1v) is 9.54. The van der Waals surface area contributed by atoms with E-state index in [2.05, 4.69) is 44.9 Å². The lowest BCUT2D eigenvalue weighted by Gasteiger charge is -2.19. The Labute approximate surface area is 165 Å². The highest BCUT2D eigenvalue weighted by atomic mass is 16.2. The largest absolute Gasteiger partial charge is 0.375 e. The van der Waals surface area contributed by atoms with E-state index >= 15 is 0 Å². The maximum Gasteiger partial charge on any atom is 0.245 e. The fourth-order valence-electron chi connectivity index (χ4n) is 3.07. The van der Waals surface area contributed by atoms with E-state index in [-0.39, 0.29) is 5.91 Å². The van der Waals surface area contributed by atoms with Crippen molar-refractivity contribution < 1.29 is 4.79 Å². The van der Waals surface area contributed by atoms with Crippen LogP contribution in [0.5, 0.6) is 0 Å². The number of nitrogens with zero attached hydrogens (tertiary/aromatic N) is 5. The van der Waals surface area contributed by atoms with Gasteiger partial charge in [-0.3, -0.25) is 4.79 Å². The van der Waals surface area contributed by atoms with Crippen LogP contribution in [0.25, 0.3) is 0 Å². The van der Waals surface area contributed by atoms with Crippen molar-refractivity contribution in [2.24, 2.45) is 0 Å². The zero-order valence-electron chi connectivity index (χ0n) is 16.1. The summed E-state index contributed by atoms with van der Waals surface area (Å²) in [5.74, 6) is -0.0624. The van der Waals surface area contributed by atoms with Crippen molar-refractivity contribution in [2.45, 2.75) is 25.3 Å². The molecule has 2 aromatic carbocycles. The number of rotatable bonds is 10. The summed E-state index contributed by atoms with van der Waals surface area (Å²) < 4.78 is 1.52. The third kappa shape index (κ3) is 5.64. The summed E-state index contributed by atoms with van der Waals surface area (Å²) in [4.78, 5) is 14.9. The van der Waals surface area contributed by atoms with E-state index in [4.69, 9.17) is 0 Å². The first-order valence-electron chi connectivity index (χ1n) is 9.54. The summed E-state index contributed by atoms with van der Waals surface area (Å²) in [7, 11) is 2.08. The van der Waals surface area contributed by atoms with Crippen LogP contribution < -0.4 is 10.2 Å². The standard InChI is InChI=1S/C21H26N6O/c1-26(19-12-6-3-7-13-19)15-9-8-14-22-21(28)20(27-17-23-24-25-27)16-18-10-4-2-5-11-18/h2-7,10-13,17,20H,8-9,14-16H2,1H3,(H,22,28). The molecular weight excluding hydrogens is 352 g/mol. The van der Waals surface area contributed by atoms with Crippen molar-refractivity contribution in [3.8, 4) is 0 Å². The molecular formula is C21H26N6O. The highest BCUT2D eigenvalue weighted by molar-refractivity contribution is 5.80. The highest BCUT2D eigenvalue weighted by Crippen LogP contribution is 2.14. The molecule has 0 spiro atoms. The summed E-state index contributed by atoms with van der Waals surface area (Å²) in [5, 5.41) is 14.3. The molecule has 7 nitrogen and oxygen atoms in total. The SMILES string of the molecule is CN(CCCCNC(=O)C(Cc1ccccc1)n1cnnn1)c1ccccc1. The fraction of sp³-hybridized carbons (Fsp3) is 0.333. The molecule has 0 saturated heterocycles. The van der Waals surface area contributed by atoms with Crippen LogP contribution in [0.1, 0.15) is 24.4 Å². The number of hydrogen-bond acceptors (Lipinski definition) is 5. The van der Waals surface area contributed by atoms with E-state index in [0.29, 0.717) is 13.0 Å². The number of nitrogens with one attached hydrogen (secondary N) is 1. The summed E-state index contributed by atoms with van der Waals surface area (Å²) >= 11 is 0. The Morgan fingerprint density at radius 1 is 1.07 bits per heavy atom. The van der Waals surface area contributed by atoms with Crippen molar-refractivity contribution >= 4 is 11.6 Å². The number of tetrazole rings is 1. The average molecular weight is 378 g/mol. The molecule has 1 amide bonds. The van der Waals surface area contributed by atoms with Gasteiger partial charge in [0, 0.05) is 32.2 Å². The maximum absolute atomic E-state index is 12.7. The van der Waals surface area contributed by atoms with Crippen LogP contribution in [0.15, 0.2) is 67.0 Å². The molecule has 0 saturated carbocycles. The number of carbonyl (C=O) groups is 1. The Morgan fingerprint density at radius 2 is 1.79 bits per heavy atom. The molecule has 3 aromatic rings. The van der Waals surface area contributed by atoms with Crippen molar-refractivity contribution in [1.29, 1.82) is 0 Å². The monoisotopic (exact) mass is 378 g/mol. The van der Waals surface area contributed by atoms with Crippen LogP contribution in [0, 0.1) is 0 Å². The lowest BCUT2D eigenvalue weighted by molar-refractivity contribution is -0.124. The molecule has 28 heavy (non-hydrogen) atoms. The molecule has 1 N–H and O–H groups in total. The molecule has 0 bridgehead atoms. The van der Waals surface area contributed by atoms with Crippen LogP contribution in [-0.2, 0) is 11.2 Å². The third-order valence-electron chi connectivity index (χ3n) is 4.68. The molecule has 0 aliphatic heterocycles. The zero-order valence-corrected chi connectivity index (χ0v) is 16.1. The van der Waals surface area contributed by atoms with Gasteiger partial charge >= 0.3 is 0 Å². The molecule has 1 aromatic heterocycles. The molecule has 1 heterocycles. The second-order valence-corrected chi connectivity index (χ2v) is 6.75. The first kappa shape index (κ1) is 19.5. The second kappa shape index (κ2) is 10.2. The molecule has 0 aliphatic carbocycles. The van der Waals surface area contributed by atoms with Gasteiger partial charge in [-0.15, -0.1) is 5.10 Å². The predicted molar refractivity (Wildman–Crippen MR) is 109 cm³/mol. The van der Waals surface area contributed by atoms with Crippen LogP contribution >= 0.6 is 0 Å². The lowest BCUT2D eigenvalue weighted by atomic mass is 10.1. The predicted octanol–water partition coefficient (Wildman–Crippen LogP) is 2.49. The molecule has 1 unspecified atom stereocenters. The molecule has 0 aliphatic rings. The normalized spacial score (nSPS) is 11.8. The van der Waals surface area contributed by atoms with Gasteiger partial charge in [-0.2, -0.15) is 0 Å². The third-order valence-corrected chi connectivity index (χ3v) is 4.68. The number of para-hydroxylation sites is 1. The summed E-state index contributed by atoms with van der Waals surface area (Å²) in [6, 6.07) is 19.7. The minimum Gasteiger partial charge on any atom is -0.375 e. The van der Waals surface area contributed by atoms with Crippen molar-refractivity contribution in [1.82, 2.24) is 25.5 Å². The minimum atomic E-state index is -0.454. The van der Waals surface area contributed by atoms with Crippen LogP contribution in [0.3, 0.4) is 0 Å². The molecule has 7 heteroatoms. The van der Waals surface area contributed by atoms with Crippen LogP contribution in [0.2, 0.25) is 0 Å². The van der Waals surface area contributed by atoms with E-state index in [1.165, 1.54) is 16.7 Å². The Kier molecular flexibility index (Phi) is 7.12. The first-order chi connectivity index (χ1) is 13.7. The van der Waals surface area contributed by atoms with E-state index in [0.717, 1.165) is 24.9 Å². The molecule has 146 valence electrons. The summed E-state index contributed by atoms with van der Waals surface area (Å²) in [6.07, 6.45) is 3.95. The van der Waals surface area contributed by atoms with Crippen LogP contribution in [0.4, 0.5) is 5.69 Å². The number of carbonyl (C=O) groups excluding carboxylic acids is 1. The number of benzene rings is 2. The Balaban J connectivity index is 1.46. The van der Waals surface area contributed by atoms with Gasteiger partial charge in [-0.1, -0.05) is 48.5 Å². The van der Waals surface area contributed by atoms with Gasteiger partial charge in [0.1, 0.15) is 12.4 Å². The molecule has 0 radical (unpaired) electrons. The van der Waals surface area contributed by atoms with Crippen molar-refractivity contribution in [3.63, 3.8) is 0 Å². The van der Waals surface area contributed by atoms with Gasteiger partial charge < -0.3 is 10.2 Å². The number of hydrogen-bond donors (Lipinski definition) is 1. The quantitative estimate of drug-likeness (QED) is 0.549. The molecule has 3 rings (SSSR count). The second-order valence-electron chi connectivity index (χ2n) is 6.75. The zero-order chi connectivity index (χ0) is 19.6. The van der Waals surface area contributed by atoms with Crippen molar-refractivity contribution in [2.75, 3.05) is 25.0 Å². The maximum atomic E-state index is 12.7. The number of aromatic nitrogens is 4. The van der Waals surface area contributed by atoms with E-state index < -0.39 is 6.04 Å². The van der Waals surface area contributed by atoms with Crippen molar-refractivity contribution in [3.05, 3.63) is 72.6 Å². The van der Waals surface area contributed by atoms with Gasteiger partial charge in [-0.25, -0.2) is 4.68 Å². The Hall–Kier alpha value is -3.22. The lowest BCUT2D eigenvalue weighted by Crippen LogP contribution is -2.35. The van der Waals surface area contributed by atoms with E-state index in [1.54, 1.807) is 0 Å². The number of amides is 1. The van der Waals surface area contributed by atoms with E-state index in [9.17, 15) is 4.79 Å². The number of anilines is 1. The molecule has 1 atom stereocenters. The Bertz CT molecular complexity index is 823. The van der Waals surface area contributed by atoms with Gasteiger partial charge in [0.15, 0.2) is 0 Å². The average Bonchev–Trinajstić information content (AvgIpc) is 3.27.